The number of hydrogen-bond donors (Lipinski definition) is 0. The first-order chi connectivity index (χ1) is 9.85. The van der Waals surface area contributed by atoms with Crippen molar-refractivity contribution in [3.8, 4) is 5.75 Å². The van der Waals surface area contributed by atoms with E-state index < -0.39 is 0 Å². The molecule has 0 aromatic heterocycles. The molecule has 0 bridgehead atoms. The largest absolute Gasteiger partial charge is 0.495 e. The molecule has 0 saturated heterocycles. The van der Waals surface area contributed by atoms with Gasteiger partial charge in [0, 0.05) is 11.1 Å². The van der Waals surface area contributed by atoms with Crippen molar-refractivity contribution < 1.29 is 4.74 Å². The molecule has 1 unspecified atom stereocenters. The number of aryl methyl sites for hydroxylation is 3. The van der Waals surface area contributed by atoms with Crippen LogP contribution in [0.5, 0.6) is 5.75 Å². The number of alkyl halides is 1. The van der Waals surface area contributed by atoms with Gasteiger partial charge in [-0.15, -0.1) is 0 Å². The van der Waals surface area contributed by atoms with E-state index in [-0.39, 0.29) is 4.83 Å². The molecule has 0 saturated carbocycles. The molecule has 0 aliphatic rings. The van der Waals surface area contributed by atoms with Gasteiger partial charge in [-0.3, -0.25) is 0 Å². The molecule has 0 aliphatic heterocycles. The minimum atomic E-state index is -0.00555. The number of halogens is 3. The number of methoxy groups -OCH3 is 1. The van der Waals surface area contributed by atoms with Crippen LogP contribution in [0.2, 0.25) is 10.0 Å². The minimum Gasteiger partial charge on any atom is -0.495 e. The van der Waals surface area contributed by atoms with Gasteiger partial charge in [-0.25, -0.2) is 0 Å². The Morgan fingerprint density at radius 3 is 2.05 bits per heavy atom. The number of benzene rings is 2. The second-order valence-electron chi connectivity index (χ2n) is 5.18. The average Bonchev–Trinajstić information content (AvgIpc) is 2.39. The Morgan fingerprint density at radius 1 is 0.952 bits per heavy atom. The molecule has 0 spiro atoms. The van der Waals surface area contributed by atoms with Crippen LogP contribution in [-0.2, 0) is 0 Å². The predicted octanol–water partition coefficient (Wildman–Crippen LogP) is 6.41. The third kappa shape index (κ3) is 3.39. The Hall–Kier alpha value is -0.700. The Labute approximate surface area is 144 Å². The molecule has 0 fully saturated rings. The van der Waals surface area contributed by atoms with Gasteiger partial charge in [-0.1, -0.05) is 56.8 Å². The summed E-state index contributed by atoms with van der Waals surface area (Å²) in [6.07, 6.45) is 0. The molecule has 0 amide bonds. The zero-order valence-corrected chi connectivity index (χ0v) is 15.5. The Morgan fingerprint density at radius 2 is 1.52 bits per heavy atom. The highest BCUT2D eigenvalue weighted by atomic mass is 79.9. The van der Waals surface area contributed by atoms with Crippen LogP contribution in [0.15, 0.2) is 24.3 Å². The molecule has 1 nitrogen and oxygen atoms in total. The maximum Gasteiger partial charge on any atom is 0.138 e. The highest BCUT2D eigenvalue weighted by Gasteiger charge is 2.20. The van der Waals surface area contributed by atoms with E-state index in [4.69, 9.17) is 27.9 Å². The van der Waals surface area contributed by atoms with Gasteiger partial charge in [0.25, 0.3) is 0 Å². The van der Waals surface area contributed by atoms with Gasteiger partial charge in [0.05, 0.1) is 17.0 Å². The van der Waals surface area contributed by atoms with E-state index in [9.17, 15) is 0 Å². The maximum absolute atomic E-state index is 6.39. The lowest BCUT2D eigenvalue weighted by Crippen LogP contribution is -2.01. The molecule has 1 atom stereocenters. The first-order valence-corrected chi connectivity index (χ1v) is 8.27. The summed E-state index contributed by atoms with van der Waals surface area (Å²) in [5, 5.41) is 1.20. The van der Waals surface area contributed by atoms with E-state index in [1.165, 1.54) is 22.3 Å². The third-order valence-corrected chi connectivity index (χ3v) is 5.11. The molecule has 0 aliphatic carbocycles. The highest BCUT2D eigenvalue weighted by Crippen LogP contribution is 2.42. The van der Waals surface area contributed by atoms with Crippen LogP contribution >= 0.6 is 39.1 Å². The van der Waals surface area contributed by atoms with E-state index in [2.05, 4.69) is 48.8 Å². The van der Waals surface area contributed by atoms with E-state index >= 15 is 0 Å². The van der Waals surface area contributed by atoms with Crippen LogP contribution in [0.4, 0.5) is 0 Å². The zero-order valence-electron chi connectivity index (χ0n) is 12.4. The van der Waals surface area contributed by atoms with Crippen LogP contribution < -0.4 is 4.74 Å². The fourth-order valence-electron chi connectivity index (χ4n) is 2.64. The molecule has 2 aromatic rings. The second-order valence-corrected chi connectivity index (χ2v) is 6.91. The SMILES string of the molecule is COc1cc(Cl)c(C(Br)c2c(C)cc(C)cc2C)cc1Cl. The average molecular weight is 388 g/mol. The number of ether oxygens (including phenoxy) is 1. The molecule has 2 aromatic carbocycles. The molecule has 4 heteroatoms. The van der Waals surface area contributed by atoms with Crippen molar-refractivity contribution in [2.75, 3.05) is 7.11 Å². The van der Waals surface area contributed by atoms with Crippen LogP contribution in [0.1, 0.15) is 32.6 Å². The van der Waals surface area contributed by atoms with Gasteiger partial charge in [0.1, 0.15) is 5.75 Å². The van der Waals surface area contributed by atoms with Crippen molar-refractivity contribution in [1.29, 1.82) is 0 Å². The monoisotopic (exact) mass is 386 g/mol. The fraction of sp³-hybridized carbons (Fsp3) is 0.294. The summed E-state index contributed by atoms with van der Waals surface area (Å²) >= 11 is 16.4. The summed E-state index contributed by atoms with van der Waals surface area (Å²) in [4.78, 5) is -0.00555. The van der Waals surface area contributed by atoms with Crippen LogP contribution in [0, 0.1) is 20.8 Å². The van der Waals surface area contributed by atoms with Gasteiger partial charge in [0.2, 0.25) is 0 Å². The van der Waals surface area contributed by atoms with Gasteiger partial charge < -0.3 is 4.74 Å². The molecule has 2 rings (SSSR count). The lowest BCUT2D eigenvalue weighted by molar-refractivity contribution is 0.415. The smallest absolute Gasteiger partial charge is 0.138 e. The molecular formula is C17H17BrCl2O. The van der Waals surface area contributed by atoms with Crippen molar-refractivity contribution in [1.82, 2.24) is 0 Å². The summed E-state index contributed by atoms with van der Waals surface area (Å²) in [6, 6.07) is 7.97. The van der Waals surface area contributed by atoms with Crippen molar-refractivity contribution in [3.63, 3.8) is 0 Å². The summed E-state index contributed by atoms with van der Waals surface area (Å²) in [6.45, 7) is 6.33. The molecule has 0 N–H and O–H groups in total. The summed E-state index contributed by atoms with van der Waals surface area (Å²) < 4.78 is 5.20. The maximum atomic E-state index is 6.39. The third-order valence-electron chi connectivity index (χ3n) is 3.54. The van der Waals surface area contributed by atoms with E-state index in [0.29, 0.717) is 15.8 Å². The van der Waals surface area contributed by atoms with Crippen LogP contribution in [0.3, 0.4) is 0 Å². The van der Waals surface area contributed by atoms with E-state index in [0.717, 1.165) is 5.56 Å². The van der Waals surface area contributed by atoms with Crippen molar-refractivity contribution in [2.45, 2.75) is 25.6 Å². The van der Waals surface area contributed by atoms with E-state index in [1.54, 1.807) is 13.2 Å². The van der Waals surface area contributed by atoms with Gasteiger partial charge in [-0.2, -0.15) is 0 Å². The summed E-state index contributed by atoms with van der Waals surface area (Å²) in [5.74, 6) is 0.586. The van der Waals surface area contributed by atoms with Crippen molar-refractivity contribution in [2.24, 2.45) is 0 Å². The quantitative estimate of drug-likeness (QED) is 0.552. The molecule has 0 heterocycles. The molecule has 21 heavy (non-hydrogen) atoms. The van der Waals surface area contributed by atoms with Gasteiger partial charge in [-0.05, 0) is 49.1 Å². The van der Waals surface area contributed by atoms with Gasteiger partial charge >= 0.3 is 0 Å². The minimum absolute atomic E-state index is 0.00555. The Kier molecular flexibility index (Phi) is 5.24. The highest BCUT2D eigenvalue weighted by molar-refractivity contribution is 9.09. The van der Waals surface area contributed by atoms with Crippen molar-refractivity contribution >= 4 is 39.1 Å². The van der Waals surface area contributed by atoms with Gasteiger partial charge in [0.15, 0.2) is 0 Å². The second kappa shape index (κ2) is 6.60. The summed E-state index contributed by atoms with van der Waals surface area (Å²) in [5.41, 5.74) is 5.89. The van der Waals surface area contributed by atoms with Crippen LogP contribution in [0.25, 0.3) is 0 Å². The lowest BCUT2D eigenvalue weighted by Gasteiger charge is -2.19. The summed E-state index contributed by atoms with van der Waals surface area (Å²) in [7, 11) is 1.58. The molecular weight excluding hydrogens is 371 g/mol. The number of rotatable bonds is 3. The Balaban J connectivity index is 2.55. The normalized spacial score (nSPS) is 12.3. The fourth-order valence-corrected chi connectivity index (χ4v) is 4.39. The van der Waals surface area contributed by atoms with Crippen molar-refractivity contribution in [3.05, 3.63) is 62.1 Å². The molecule has 0 radical (unpaired) electrons. The lowest BCUT2D eigenvalue weighted by atomic mass is 9.94. The predicted molar refractivity (Wildman–Crippen MR) is 94.4 cm³/mol. The Bertz CT molecular complexity index is 660. The topological polar surface area (TPSA) is 9.23 Å². The first kappa shape index (κ1) is 16.7. The van der Waals surface area contributed by atoms with E-state index in [1.807, 2.05) is 6.07 Å². The zero-order chi connectivity index (χ0) is 15.7. The molecule has 112 valence electrons. The first-order valence-electron chi connectivity index (χ1n) is 6.60. The van der Waals surface area contributed by atoms with Crippen LogP contribution in [-0.4, -0.2) is 7.11 Å². The number of hydrogen-bond acceptors (Lipinski definition) is 1. The standard InChI is InChI=1S/C17H17BrCl2O/c1-9-5-10(2)16(11(3)6-9)17(18)12-7-14(20)15(21-4)8-13(12)19/h5-8,17H,1-4H3.